The van der Waals surface area contributed by atoms with Crippen LogP contribution in [0, 0.1) is 5.82 Å². The van der Waals surface area contributed by atoms with Gasteiger partial charge in [0.2, 0.25) is 11.8 Å². The zero-order valence-electron chi connectivity index (χ0n) is 18.8. The van der Waals surface area contributed by atoms with Crippen molar-refractivity contribution in [1.29, 1.82) is 0 Å². The minimum absolute atomic E-state index is 0.0458. The van der Waals surface area contributed by atoms with Gasteiger partial charge in [-0.25, -0.2) is 4.39 Å². The second-order valence-corrected chi connectivity index (χ2v) is 10.3. The van der Waals surface area contributed by atoms with E-state index in [1.54, 1.807) is 6.20 Å². The van der Waals surface area contributed by atoms with Gasteiger partial charge in [-0.3, -0.25) is 19.5 Å². The molecule has 2 saturated heterocycles. The lowest BCUT2D eigenvalue weighted by Crippen LogP contribution is -2.28. The molecule has 0 spiro atoms. The number of nitrogens with one attached hydrogen (secondary N) is 2. The molecular weight excluding hydrogens is 475 g/mol. The van der Waals surface area contributed by atoms with Crippen LogP contribution < -0.4 is 10.6 Å². The molecule has 0 unspecified atom stereocenters. The van der Waals surface area contributed by atoms with E-state index in [1.807, 2.05) is 18.2 Å². The molecule has 0 atom stereocenters. The van der Waals surface area contributed by atoms with Gasteiger partial charge in [0.1, 0.15) is 5.52 Å². The Hall–Kier alpha value is -2.55. The van der Waals surface area contributed by atoms with Crippen molar-refractivity contribution in [2.45, 2.75) is 45.1 Å². The SMILES string of the molecule is C1CCNC1.O=C1CCC(=O)N1Cc1sc2c(-c3cc(Cl)cc4c3NCCC4)ccnc2c1F. The topological polar surface area (TPSA) is 74.3 Å². The predicted octanol–water partition coefficient (Wildman–Crippen LogP) is 5.13. The molecule has 6 nitrogen and oxygen atoms in total. The van der Waals surface area contributed by atoms with E-state index in [-0.39, 0.29) is 36.7 Å². The largest absolute Gasteiger partial charge is 0.384 e. The molecule has 0 radical (unpaired) electrons. The highest BCUT2D eigenvalue weighted by Gasteiger charge is 2.31. The highest BCUT2D eigenvalue weighted by atomic mass is 35.5. The Kier molecular flexibility index (Phi) is 6.81. The first-order valence-electron chi connectivity index (χ1n) is 11.7. The lowest BCUT2D eigenvalue weighted by atomic mass is 9.95. The van der Waals surface area contributed by atoms with Crippen LogP contribution in [0.5, 0.6) is 0 Å². The highest BCUT2D eigenvalue weighted by molar-refractivity contribution is 7.19. The molecule has 2 amide bonds. The number of hydrogen-bond donors (Lipinski definition) is 2. The van der Waals surface area contributed by atoms with E-state index in [9.17, 15) is 9.59 Å². The first kappa shape index (κ1) is 23.2. The number of halogens is 2. The molecule has 9 heteroatoms. The third-order valence-corrected chi connectivity index (χ3v) is 7.79. The number of likely N-dealkylation sites (tertiary alicyclic amines) is 1. The molecule has 5 heterocycles. The number of fused-ring (bicyclic) bond motifs is 2. The monoisotopic (exact) mass is 500 g/mol. The Morgan fingerprint density at radius 3 is 2.50 bits per heavy atom. The van der Waals surface area contributed by atoms with Crippen LogP contribution in [-0.4, -0.2) is 41.3 Å². The van der Waals surface area contributed by atoms with Crippen LogP contribution in [0.1, 0.15) is 42.5 Å². The van der Waals surface area contributed by atoms with E-state index in [0.717, 1.165) is 46.7 Å². The van der Waals surface area contributed by atoms with Gasteiger partial charge in [0.05, 0.1) is 16.1 Å². The number of aryl methyl sites for hydroxylation is 1. The maximum absolute atomic E-state index is 15.1. The van der Waals surface area contributed by atoms with Crippen molar-refractivity contribution in [3.05, 3.63) is 45.7 Å². The van der Waals surface area contributed by atoms with Gasteiger partial charge in [-0.2, -0.15) is 0 Å². The number of carbonyl (C=O) groups excluding carboxylic acids is 2. The second kappa shape index (κ2) is 9.98. The van der Waals surface area contributed by atoms with Gasteiger partial charge in [0, 0.05) is 47.4 Å². The van der Waals surface area contributed by atoms with E-state index >= 15 is 4.39 Å². The number of hydrogen-bond acceptors (Lipinski definition) is 6. The summed E-state index contributed by atoms with van der Waals surface area (Å²) in [6, 6.07) is 5.71. The molecule has 0 saturated carbocycles. The maximum Gasteiger partial charge on any atom is 0.230 e. The summed E-state index contributed by atoms with van der Waals surface area (Å²) >= 11 is 7.61. The van der Waals surface area contributed by atoms with E-state index in [1.165, 1.54) is 37.3 Å². The normalized spacial score (nSPS) is 17.5. The number of amides is 2. The van der Waals surface area contributed by atoms with E-state index in [4.69, 9.17) is 11.6 Å². The Balaban J connectivity index is 0.000000429. The number of rotatable bonds is 3. The van der Waals surface area contributed by atoms with Crippen molar-refractivity contribution in [1.82, 2.24) is 15.2 Å². The van der Waals surface area contributed by atoms with Crippen molar-refractivity contribution in [2.24, 2.45) is 0 Å². The zero-order valence-corrected chi connectivity index (χ0v) is 20.3. The third-order valence-electron chi connectivity index (χ3n) is 6.40. The molecular formula is C25H26ClFN4O2S. The molecule has 2 N–H and O–H groups in total. The fraction of sp³-hybridized carbons (Fsp3) is 0.400. The molecule has 178 valence electrons. The maximum atomic E-state index is 15.1. The van der Waals surface area contributed by atoms with Crippen LogP contribution >= 0.6 is 22.9 Å². The van der Waals surface area contributed by atoms with Crippen LogP contribution in [0.15, 0.2) is 24.4 Å². The minimum Gasteiger partial charge on any atom is -0.384 e. The Morgan fingerprint density at radius 2 is 1.79 bits per heavy atom. The molecule has 0 aliphatic carbocycles. The zero-order chi connectivity index (χ0) is 23.7. The lowest BCUT2D eigenvalue weighted by molar-refractivity contribution is -0.139. The van der Waals surface area contributed by atoms with Crippen LogP contribution in [-0.2, 0) is 22.6 Å². The van der Waals surface area contributed by atoms with Crippen molar-refractivity contribution < 1.29 is 14.0 Å². The number of pyridine rings is 1. The summed E-state index contributed by atoms with van der Waals surface area (Å²) in [5, 5.41) is 7.31. The molecule has 3 aliphatic heterocycles. The summed E-state index contributed by atoms with van der Waals surface area (Å²) in [5.74, 6) is -0.982. The fourth-order valence-corrected chi connectivity index (χ4v) is 6.06. The first-order valence-corrected chi connectivity index (χ1v) is 12.9. The number of benzene rings is 1. The average Bonchev–Trinajstić information content (AvgIpc) is 3.59. The Labute approximate surface area is 206 Å². The van der Waals surface area contributed by atoms with Crippen LogP contribution in [0.2, 0.25) is 5.02 Å². The van der Waals surface area contributed by atoms with Gasteiger partial charge in [-0.05, 0) is 62.5 Å². The van der Waals surface area contributed by atoms with Gasteiger partial charge in [-0.15, -0.1) is 11.3 Å². The summed E-state index contributed by atoms with van der Waals surface area (Å²) < 4.78 is 15.8. The van der Waals surface area contributed by atoms with E-state index in [2.05, 4.69) is 15.6 Å². The number of carbonyl (C=O) groups is 2. The van der Waals surface area contributed by atoms with Crippen LogP contribution in [0.4, 0.5) is 10.1 Å². The molecule has 6 rings (SSSR count). The lowest BCUT2D eigenvalue weighted by Gasteiger charge is -2.22. The molecule has 3 aliphatic rings. The van der Waals surface area contributed by atoms with Gasteiger partial charge in [0.25, 0.3) is 0 Å². The van der Waals surface area contributed by atoms with Gasteiger partial charge in [0.15, 0.2) is 5.82 Å². The van der Waals surface area contributed by atoms with Crippen LogP contribution in [0.25, 0.3) is 21.3 Å². The molecule has 34 heavy (non-hydrogen) atoms. The van der Waals surface area contributed by atoms with Crippen molar-refractivity contribution >= 4 is 50.7 Å². The summed E-state index contributed by atoms with van der Waals surface area (Å²) in [6.45, 7) is 3.33. The number of aromatic nitrogens is 1. The fourth-order valence-electron chi connectivity index (χ4n) is 4.66. The highest BCUT2D eigenvalue weighted by Crippen LogP contribution is 2.42. The predicted molar refractivity (Wildman–Crippen MR) is 134 cm³/mol. The summed E-state index contributed by atoms with van der Waals surface area (Å²) in [6.07, 6.45) is 6.71. The minimum atomic E-state index is -0.469. The van der Waals surface area contributed by atoms with Crippen molar-refractivity contribution in [3.63, 3.8) is 0 Å². The summed E-state index contributed by atoms with van der Waals surface area (Å²) in [4.78, 5) is 29.6. The molecule has 1 aromatic carbocycles. The molecule has 3 aromatic rings. The number of imide groups is 1. The number of thiophene rings is 1. The van der Waals surface area contributed by atoms with Crippen molar-refractivity contribution in [2.75, 3.05) is 25.0 Å². The van der Waals surface area contributed by atoms with Crippen molar-refractivity contribution in [3.8, 4) is 11.1 Å². The summed E-state index contributed by atoms with van der Waals surface area (Å²) in [5.41, 5.74) is 4.19. The second-order valence-electron chi connectivity index (χ2n) is 8.72. The average molecular weight is 501 g/mol. The van der Waals surface area contributed by atoms with E-state index in [0.29, 0.717) is 14.6 Å². The molecule has 2 fully saturated rings. The smallest absolute Gasteiger partial charge is 0.230 e. The molecule has 2 aromatic heterocycles. The molecule has 0 bridgehead atoms. The van der Waals surface area contributed by atoms with Gasteiger partial charge >= 0.3 is 0 Å². The number of anilines is 1. The van der Waals surface area contributed by atoms with Gasteiger partial charge in [-0.1, -0.05) is 11.6 Å². The quantitative estimate of drug-likeness (QED) is 0.487. The van der Waals surface area contributed by atoms with Gasteiger partial charge < -0.3 is 10.6 Å². The Bertz CT molecular complexity index is 1230. The summed E-state index contributed by atoms with van der Waals surface area (Å²) in [7, 11) is 0. The number of nitrogens with zero attached hydrogens (tertiary/aromatic N) is 2. The third kappa shape index (κ3) is 4.54. The standard InChI is InChI=1S/C21H17ClFN3O2S.C4H9N/c22-12-8-11-2-1-6-24-19(11)14(9-12)13-5-7-25-20-18(23)15(29-21(13)20)10-26-16(27)3-4-17(26)28;1-2-4-5-3-1/h5,7-9,24H,1-4,6,10H2;5H,1-4H2. The van der Waals surface area contributed by atoms with Crippen LogP contribution in [0.3, 0.4) is 0 Å². The first-order chi connectivity index (χ1) is 16.5. The van der Waals surface area contributed by atoms with E-state index < -0.39 is 5.82 Å². The Morgan fingerprint density at radius 1 is 1.03 bits per heavy atom.